The van der Waals surface area contributed by atoms with E-state index in [1.54, 1.807) is 31.6 Å². The predicted octanol–water partition coefficient (Wildman–Crippen LogP) is 3.22. The van der Waals surface area contributed by atoms with E-state index >= 15 is 0 Å². The number of hydrogen-bond donors (Lipinski definition) is 2. The third kappa shape index (κ3) is 4.20. The number of ether oxygens (including phenoxy) is 2. The van der Waals surface area contributed by atoms with E-state index in [1.807, 2.05) is 30.3 Å². The van der Waals surface area contributed by atoms with Crippen LogP contribution < -0.4 is 20.3 Å². The molecular weight excluding hydrogens is 328 g/mol. The van der Waals surface area contributed by atoms with Gasteiger partial charge in [0.25, 0.3) is 0 Å². The van der Waals surface area contributed by atoms with E-state index in [1.165, 1.54) is 0 Å². The molecule has 0 unspecified atom stereocenters. The van der Waals surface area contributed by atoms with Crippen LogP contribution in [0, 0.1) is 0 Å². The summed E-state index contributed by atoms with van der Waals surface area (Å²) in [7, 11) is 1.55. The first kappa shape index (κ1) is 16.6. The van der Waals surface area contributed by atoms with E-state index in [9.17, 15) is 0 Å². The van der Waals surface area contributed by atoms with Crippen molar-refractivity contribution < 1.29 is 14.3 Å². The van der Waals surface area contributed by atoms with E-state index in [0.29, 0.717) is 22.2 Å². The van der Waals surface area contributed by atoms with Crippen molar-refractivity contribution in [1.29, 1.82) is 0 Å². The fourth-order valence-corrected chi connectivity index (χ4v) is 2.36. The minimum absolute atomic E-state index is 0.139. The zero-order valence-corrected chi connectivity index (χ0v) is 14.0. The maximum atomic E-state index is 6.07. The van der Waals surface area contributed by atoms with Crippen molar-refractivity contribution in [2.75, 3.05) is 20.2 Å². The Morgan fingerprint density at radius 1 is 1.17 bits per heavy atom. The second kappa shape index (κ2) is 8.06. The highest BCUT2D eigenvalue weighted by molar-refractivity contribution is 6.30. The van der Waals surface area contributed by atoms with Gasteiger partial charge in [-0.3, -0.25) is 10.3 Å². The lowest BCUT2D eigenvalue weighted by molar-refractivity contribution is 0.133. The lowest BCUT2D eigenvalue weighted by atomic mass is 10.2. The smallest absolute Gasteiger partial charge is 0.168 e. The average molecular weight is 347 g/mol. The number of halogens is 1. The van der Waals surface area contributed by atoms with Gasteiger partial charge >= 0.3 is 0 Å². The largest absolute Gasteiger partial charge is 0.484 e. The van der Waals surface area contributed by atoms with Gasteiger partial charge < -0.3 is 14.8 Å². The van der Waals surface area contributed by atoms with Gasteiger partial charge in [-0.05, 0) is 12.1 Å². The van der Waals surface area contributed by atoms with Crippen molar-refractivity contribution in [3.8, 4) is 11.5 Å². The molecule has 5 nitrogen and oxygen atoms in total. The van der Waals surface area contributed by atoms with Gasteiger partial charge in [-0.25, -0.2) is 0 Å². The van der Waals surface area contributed by atoms with E-state index in [2.05, 4.69) is 10.8 Å². The van der Waals surface area contributed by atoms with Gasteiger partial charge in [-0.1, -0.05) is 41.9 Å². The normalized spacial score (nSPS) is 14.8. The number of hydrogen-bond acceptors (Lipinski definition) is 5. The first-order chi connectivity index (χ1) is 11.8. The molecule has 0 aromatic heterocycles. The van der Waals surface area contributed by atoms with E-state index < -0.39 is 0 Å². The van der Waals surface area contributed by atoms with Crippen LogP contribution in [0.3, 0.4) is 0 Å². The quantitative estimate of drug-likeness (QED) is 0.595. The minimum atomic E-state index is 0.139. The van der Waals surface area contributed by atoms with Gasteiger partial charge in [0.2, 0.25) is 0 Å². The highest BCUT2D eigenvalue weighted by atomic mass is 35.5. The lowest BCUT2D eigenvalue weighted by Gasteiger charge is -2.28. The third-order valence-corrected chi connectivity index (χ3v) is 3.78. The Bertz CT molecular complexity index is 703. The summed E-state index contributed by atoms with van der Waals surface area (Å²) in [4.78, 5) is 5.03. The lowest BCUT2D eigenvalue weighted by Crippen LogP contribution is -2.50. The molecule has 2 N–H and O–H groups in total. The molecule has 0 atom stereocenters. The van der Waals surface area contributed by atoms with Gasteiger partial charge in [0.05, 0.1) is 7.11 Å². The van der Waals surface area contributed by atoms with E-state index in [4.69, 9.17) is 25.9 Å². The Morgan fingerprint density at radius 2 is 1.96 bits per heavy atom. The molecule has 1 heterocycles. The molecule has 0 amide bonds. The maximum absolute atomic E-state index is 6.07. The highest BCUT2D eigenvalue weighted by Crippen LogP contribution is 2.32. The van der Waals surface area contributed by atoms with Crippen LogP contribution >= 0.6 is 11.6 Å². The molecule has 2 aromatic rings. The minimum Gasteiger partial charge on any atom is -0.484 e. The molecule has 1 saturated heterocycles. The maximum Gasteiger partial charge on any atom is 0.168 e. The topological polar surface area (TPSA) is 51.8 Å². The van der Waals surface area contributed by atoms with Gasteiger partial charge in [-0.15, -0.1) is 0 Å². The summed E-state index contributed by atoms with van der Waals surface area (Å²) in [6.07, 6.45) is 1.73. The van der Waals surface area contributed by atoms with Crippen molar-refractivity contribution in [1.82, 2.24) is 10.8 Å². The van der Waals surface area contributed by atoms with Crippen LogP contribution in [0.4, 0.5) is 0 Å². The second-order valence-corrected chi connectivity index (χ2v) is 5.75. The van der Waals surface area contributed by atoms with Crippen LogP contribution in [-0.4, -0.2) is 26.3 Å². The zero-order valence-electron chi connectivity index (χ0n) is 13.3. The van der Waals surface area contributed by atoms with Gasteiger partial charge in [-0.2, -0.15) is 0 Å². The highest BCUT2D eigenvalue weighted by Gasteiger charge is 2.20. The van der Waals surface area contributed by atoms with Crippen molar-refractivity contribution in [2.24, 2.45) is 0 Å². The number of benzene rings is 2. The third-order valence-electron chi connectivity index (χ3n) is 3.54. The average Bonchev–Trinajstić information content (AvgIpc) is 2.57. The first-order valence-electron chi connectivity index (χ1n) is 7.64. The van der Waals surface area contributed by atoms with Crippen LogP contribution in [0.25, 0.3) is 5.70 Å². The van der Waals surface area contributed by atoms with Gasteiger partial charge in [0, 0.05) is 29.7 Å². The van der Waals surface area contributed by atoms with Gasteiger partial charge in [0.1, 0.15) is 18.1 Å². The Labute approximate surface area is 146 Å². The second-order valence-electron chi connectivity index (χ2n) is 5.31. The summed E-state index contributed by atoms with van der Waals surface area (Å²) >= 11 is 6.07. The van der Waals surface area contributed by atoms with Crippen molar-refractivity contribution >= 4 is 17.3 Å². The summed E-state index contributed by atoms with van der Waals surface area (Å²) < 4.78 is 11.7. The summed E-state index contributed by atoms with van der Waals surface area (Å²) in [5.74, 6) is 1.22. The van der Waals surface area contributed by atoms with Gasteiger partial charge in [0.15, 0.2) is 11.5 Å². The first-order valence-corrected chi connectivity index (χ1v) is 8.02. The van der Waals surface area contributed by atoms with E-state index in [-0.39, 0.29) is 6.10 Å². The number of rotatable bonds is 7. The Kier molecular flexibility index (Phi) is 5.59. The van der Waals surface area contributed by atoms with Crippen LogP contribution in [-0.2, 0) is 4.84 Å². The fraction of sp³-hybridized carbons (Fsp3) is 0.222. The van der Waals surface area contributed by atoms with Crippen LogP contribution in [0.5, 0.6) is 11.5 Å². The summed E-state index contributed by atoms with van der Waals surface area (Å²) in [6.45, 7) is 1.64. The molecule has 0 spiro atoms. The van der Waals surface area contributed by atoms with Crippen LogP contribution in [0.15, 0.2) is 54.8 Å². The molecule has 126 valence electrons. The molecule has 1 fully saturated rings. The fourth-order valence-electron chi connectivity index (χ4n) is 2.20. The molecular formula is C18H19ClN2O3. The Morgan fingerprint density at radius 3 is 2.62 bits per heavy atom. The molecule has 3 rings (SSSR count). The van der Waals surface area contributed by atoms with Crippen molar-refractivity contribution in [2.45, 2.75) is 6.10 Å². The SMILES string of the molecule is CON/C(=C\Oc1ccc(Cl)cc1OC1CNC1)c1ccccc1. The van der Waals surface area contributed by atoms with Crippen molar-refractivity contribution in [3.63, 3.8) is 0 Å². The molecule has 1 aliphatic heterocycles. The molecule has 0 aliphatic carbocycles. The molecule has 24 heavy (non-hydrogen) atoms. The summed E-state index contributed by atoms with van der Waals surface area (Å²) in [5.41, 5.74) is 4.46. The van der Waals surface area contributed by atoms with Crippen LogP contribution in [0.1, 0.15) is 5.56 Å². The molecule has 0 saturated carbocycles. The summed E-state index contributed by atoms with van der Waals surface area (Å²) in [5, 5.41) is 3.77. The standard InChI is InChI=1S/C18H19ClN2O3/c1-22-21-16(13-5-3-2-4-6-13)12-23-17-8-7-14(19)9-18(17)24-15-10-20-11-15/h2-9,12,15,20-21H,10-11H2,1H3/b16-12-. The van der Waals surface area contributed by atoms with E-state index in [0.717, 1.165) is 18.7 Å². The summed E-state index contributed by atoms with van der Waals surface area (Å²) in [6, 6.07) is 15.1. The molecule has 0 radical (unpaired) electrons. The molecule has 1 aliphatic rings. The monoisotopic (exact) mass is 346 g/mol. The Balaban J connectivity index is 1.80. The molecule has 0 bridgehead atoms. The van der Waals surface area contributed by atoms with Crippen molar-refractivity contribution in [3.05, 3.63) is 65.4 Å². The van der Waals surface area contributed by atoms with Crippen LogP contribution in [0.2, 0.25) is 5.02 Å². The zero-order chi connectivity index (χ0) is 16.8. The number of hydroxylamine groups is 1. The molecule has 2 aromatic carbocycles. The number of nitrogens with one attached hydrogen (secondary N) is 2. The Hall–Kier alpha value is -2.21. The predicted molar refractivity (Wildman–Crippen MR) is 93.9 cm³/mol. The molecule has 6 heteroatoms.